The number of nitro benzene ring substituents is 1. The van der Waals surface area contributed by atoms with Crippen LogP contribution in [0.1, 0.15) is 23.1 Å². The van der Waals surface area contributed by atoms with E-state index in [0.29, 0.717) is 5.75 Å². The van der Waals surface area contributed by atoms with Gasteiger partial charge in [-0.1, -0.05) is 5.16 Å². The second-order valence-electron chi connectivity index (χ2n) is 5.42. The van der Waals surface area contributed by atoms with Gasteiger partial charge in [0, 0.05) is 17.7 Å². The molecule has 0 radical (unpaired) electrons. The number of nitro groups is 1. The molecule has 0 atom stereocenters. The second-order valence-corrected chi connectivity index (χ2v) is 5.42. The van der Waals surface area contributed by atoms with E-state index in [4.69, 9.17) is 9.57 Å². The van der Waals surface area contributed by atoms with Gasteiger partial charge in [0.1, 0.15) is 6.61 Å². The predicted octanol–water partition coefficient (Wildman–Crippen LogP) is 3.18. The summed E-state index contributed by atoms with van der Waals surface area (Å²) in [4.78, 5) is 15.5. The minimum absolute atomic E-state index is 0.0409. The highest BCUT2D eigenvalue weighted by atomic mass is 16.6. The molecule has 1 N–H and O–H groups in total. The van der Waals surface area contributed by atoms with Gasteiger partial charge >= 0.3 is 0 Å². The van der Waals surface area contributed by atoms with Crippen molar-refractivity contribution in [3.05, 3.63) is 63.2 Å². The molecule has 0 saturated heterocycles. The quantitative estimate of drug-likeness (QED) is 0.672. The number of nitrogens with zero attached hydrogens (tertiary/aromatic N) is 2. The summed E-state index contributed by atoms with van der Waals surface area (Å²) >= 11 is 0. The van der Waals surface area contributed by atoms with Gasteiger partial charge in [0.15, 0.2) is 11.5 Å². The van der Waals surface area contributed by atoms with Crippen LogP contribution in [0.5, 0.6) is 11.5 Å². The maximum absolute atomic E-state index is 10.6. The Bertz CT molecular complexity index is 799. The Kier molecular flexibility index (Phi) is 4.33. The fourth-order valence-electron chi connectivity index (χ4n) is 2.63. The van der Waals surface area contributed by atoms with Crippen LogP contribution in [0.2, 0.25) is 0 Å². The van der Waals surface area contributed by atoms with E-state index in [0.717, 1.165) is 35.2 Å². The van der Waals surface area contributed by atoms with Crippen molar-refractivity contribution in [2.75, 3.05) is 7.11 Å². The number of benzene rings is 2. The molecule has 0 spiro atoms. The molecule has 2 aromatic carbocycles. The van der Waals surface area contributed by atoms with Crippen LogP contribution in [0.25, 0.3) is 0 Å². The third kappa shape index (κ3) is 3.15. The average molecular weight is 328 g/mol. The van der Waals surface area contributed by atoms with Crippen molar-refractivity contribution in [3.8, 4) is 11.5 Å². The highest BCUT2D eigenvalue weighted by Crippen LogP contribution is 2.34. The number of non-ortho nitro benzene ring substituents is 1. The summed E-state index contributed by atoms with van der Waals surface area (Å²) in [6.07, 6.45) is 1.54. The zero-order valence-corrected chi connectivity index (χ0v) is 13.1. The topological polar surface area (TPSA) is 94.2 Å². The van der Waals surface area contributed by atoms with Crippen LogP contribution in [0, 0.1) is 10.1 Å². The third-order valence-corrected chi connectivity index (χ3v) is 3.90. The van der Waals surface area contributed by atoms with Crippen molar-refractivity contribution in [1.82, 2.24) is 0 Å². The minimum Gasteiger partial charge on any atom is -0.504 e. The molecule has 7 heteroatoms. The number of aryl methyl sites for hydroxylation is 1. The lowest BCUT2D eigenvalue weighted by Gasteiger charge is -2.07. The van der Waals surface area contributed by atoms with E-state index >= 15 is 0 Å². The molecule has 7 nitrogen and oxygen atoms in total. The maximum atomic E-state index is 10.6. The average Bonchev–Trinajstić information content (AvgIpc) is 2.96. The fourth-order valence-corrected chi connectivity index (χ4v) is 2.63. The Balaban J connectivity index is 1.69. The number of rotatable bonds is 5. The first-order valence-electron chi connectivity index (χ1n) is 7.41. The summed E-state index contributed by atoms with van der Waals surface area (Å²) in [5.74, 6) is 0.517. The second kappa shape index (κ2) is 6.57. The predicted molar refractivity (Wildman–Crippen MR) is 87.4 cm³/mol. The minimum atomic E-state index is -0.443. The molecule has 124 valence electrons. The number of phenolic OH excluding ortho intramolecular Hbond substituents is 1. The van der Waals surface area contributed by atoms with Gasteiger partial charge in [-0.2, -0.15) is 0 Å². The summed E-state index contributed by atoms with van der Waals surface area (Å²) in [6, 6.07) is 9.58. The van der Waals surface area contributed by atoms with Gasteiger partial charge in [-0.3, -0.25) is 10.1 Å². The van der Waals surface area contributed by atoms with E-state index in [-0.39, 0.29) is 18.0 Å². The van der Waals surface area contributed by atoms with E-state index in [1.165, 1.54) is 19.2 Å². The largest absolute Gasteiger partial charge is 0.504 e. The Morgan fingerprint density at radius 1 is 1.25 bits per heavy atom. The number of hydrogen-bond donors (Lipinski definition) is 1. The normalized spacial score (nSPS) is 14.5. The van der Waals surface area contributed by atoms with E-state index in [9.17, 15) is 15.2 Å². The summed E-state index contributed by atoms with van der Waals surface area (Å²) in [5, 5.41) is 24.6. The molecule has 24 heavy (non-hydrogen) atoms. The molecule has 0 aliphatic heterocycles. The Hall–Kier alpha value is -3.09. The molecule has 2 aromatic rings. The first kappa shape index (κ1) is 15.8. The number of fused-ring (bicyclic) bond motifs is 1. The van der Waals surface area contributed by atoms with Crippen molar-refractivity contribution in [2.24, 2.45) is 5.16 Å². The van der Waals surface area contributed by atoms with Crippen molar-refractivity contribution in [3.63, 3.8) is 0 Å². The van der Waals surface area contributed by atoms with Crippen LogP contribution in [-0.4, -0.2) is 22.9 Å². The van der Waals surface area contributed by atoms with Gasteiger partial charge < -0.3 is 14.7 Å². The van der Waals surface area contributed by atoms with Crippen LogP contribution in [-0.2, 0) is 17.9 Å². The maximum Gasteiger partial charge on any atom is 0.269 e. The van der Waals surface area contributed by atoms with Gasteiger partial charge in [0.25, 0.3) is 5.69 Å². The number of hydrogen-bond acceptors (Lipinski definition) is 6. The van der Waals surface area contributed by atoms with E-state index < -0.39 is 4.92 Å². The van der Waals surface area contributed by atoms with Gasteiger partial charge in [0.05, 0.1) is 17.7 Å². The lowest BCUT2D eigenvalue weighted by Crippen LogP contribution is -1.98. The number of oxime groups is 1. The molecule has 0 heterocycles. The number of aromatic hydroxyl groups is 1. The molecule has 0 bridgehead atoms. The molecule has 0 fully saturated rings. The SMILES string of the molecule is COc1cc2c(cc1O)C(=NOCc1ccc([N+](=O)[O-])cc1)CC2. The van der Waals surface area contributed by atoms with Crippen LogP contribution in [0.3, 0.4) is 0 Å². The molecule has 3 rings (SSSR count). The molecule has 0 amide bonds. The lowest BCUT2D eigenvalue weighted by atomic mass is 10.1. The molecular formula is C17H16N2O5. The molecule has 1 aliphatic rings. The van der Waals surface area contributed by atoms with Gasteiger partial charge in [-0.15, -0.1) is 0 Å². The van der Waals surface area contributed by atoms with Gasteiger partial charge in [-0.05, 0) is 48.2 Å². The Labute approximate surface area is 138 Å². The fraction of sp³-hybridized carbons (Fsp3) is 0.235. The van der Waals surface area contributed by atoms with Crippen LogP contribution >= 0.6 is 0 Å². The standard InChI is InChI=1S/C17H16N2O5/c1-23-17-8-12-4-7-15(14(12)9-16(17)20)18-24-10-11-2-5-13(6-3-11)19(21)22/h2-3,5-6,8-9,20H,4,7,10H2,1H3. The summed E-state index contributed by atoms with van der Waals surface area (Å²) in [6.45, 7) is 0.221. The van der Waals surface area contributed by atoms with Crippen LogP contribution < -0.4 is 4.74 Å². The van der Waals surface area contributed by atoms with Crippen LogP contribution in [0.4, 0.5) is 5.69 Å². The smallest absolute Gasteiger partial charge is 0.269 e. The van der Waals surface area contributed by atoms with E-state index in [2.05, 4.69) is 5.16 Å². The van der Waals surface area contributed by atoms with Gasteiger partial charge in [0.2, 0.25) is 0 Å². The highest BCUT2D eigenvalue weighted by Gasteiger charge is 2.21. The third-order valence-electron chi connectivity index (χ3n) is 3.90. The summed E-state index contributed by atoms with van der Waals surface area (Å²) in [7, 11) is 1.51. The first-order valence-corrected chi connectivity index (χ1v) is 7.41. The van der Waals surface area contributed by atoms with E-state index in [1.54, 1.807) is 18.2 Å². The van der Waals surface area contributed by atoms with E-state index in [1.807, 2.05) is 6.07 Å². The number of phenols is 1. The molecule has 0 unspecified atom stereocenters. The zero-order valence-electron chi connectivity index (χ0n) is 13.1. The molecular weight excluding hydrogens is 312 g/mol. The molecule has 1 aliphatic carbocycles. The Morgan fingerprint density at radius 2 is 2.00 bits per heavy atom. The van der Waals surface area contributed by atoms with Crippen molar-refractivity contribution in [2.45, 2.75) is 19.4 Å². The van der Waals surface area contributed by atoms with Crippen molar-refractivity contribution < 1.29 is 19.6 Å². The van der Waals surface area contributed by atoms with Crippen LogP contribution in [0.15, 0.2) is 41.6 Å². The monoisotopic (exact) mass is 328 g/mol. The molecule has 0 aromatic heterocycles. The Morgan fingerprint density at radius 3 is 2.67 bits per heavy atom. The lowest BCUT2D eigenvalue weighted by molar-refractivity contribution is -0.384. The number of ether oxygens (including phenoxy) is 1. The highest BCUT2D eigenvalue weighted by molar-refractivity contribution is 6.04. The summed E-state index contributed by atoms with van der Waals surface area (Å²) in [5.41, 5.74) is 3.52. The van der Waals surface area contributed by atoms with Crippen molar-refractivity contribution >= 4 is 11.4 Å². The first-order chi connectivity index (χ1) is 11.6. The number of methoxy groups -OCH3 is 1. The van der Waals surface area contributed by atoms with Gasteiger partial charge in [-0.25, -0.2) is 0 Å². The van der Waals surface area contributed by atoms with Crippen molar-refractivity contribution in [1.29, 1.82) is 0 Å². The summed E-state index contributed by atoms with van der Waals surface area (Å²) < 4.78 is 5.10. The zero-order chi connectivity index (χ0) is 17.1. The molecule has 0 saturated carbocycles.